The average Bonchev–Trinajstić information content (AvgIpc) is 2.83. The van der Waals surface area contributed by atoms with E-state index >= 15 is 0 Å². The molecule has 0 N–H and O–H groups in total. The van der Waals surface area contributed by atoms with E-state index in [-0.39, 0.29) is 16.7 Å². The second-order valence-corrected chi connectivity index (χ2v) is 9.13. The Labute approximate surface area is 140 Å². The van der Waals surface area contributed by atoms with Crippen LogP contribution in [0.5, 0.6) is 0 Å². The number of carbonyl (C=O) groups is 2. The average molecular weight is 314 g/mol. The molecular weight excluding hydrogens is 284 g/mol. The number of allylic oxidation sites excluding steroid dienone is 2. The van der Waals surface area contributed by atoms with Crippen LogP contribution in [0.15, 0.2) is 11.6 Å². The Bertz CT molecular complexity index is 589. The molecular formula is C21H30O2. The molecule has 4 rings (SSSR count). The van der Waals surface area contributed by atoms with E-state index < -0.39 is 0 Å². The molecule has 3 fully saturated rings. The van der Waals surface area contributed by atoms with Gasteiger partial charge in [-0.15, -0.1) is 0 Å². The Kier molecular flexibility index (Phi) is 3.42. The van der Waals surface area contributed by atoms with Gasteiger partial charge in [0, 0.05) is 24.2 Å². The van der Waals surface area contributed by atoms with Crippen LogP contribution in [0.4, 0.5) is 0 Å². The number of rotatable bonds is 1. The van der Waals surface area contributed by atoms with E-state index in [1.807, 2.05) is 0 Å². The van der Waals surface area contributed by atoms with E-state index in [4.69, 9.17) is 0 Å². The van der Waals surface area contributed by atoms with Crippen LogP contribution in [0.1, 0.15) is 72.1 Å². The van der Waals surface area contributed by atoms with Crippen LogP contribution in [0, 0.1) is 34.5 Å². The van der Waals surface area contributed by atoms with Crippen LogP contribution in [-0.4, -0.2) is 11.6 Å². The number of Topliss-reactive ketones (excluding diaryl/α,β-unsaturated/α-hetero) is 2. The quantitative estimate of drug-likeness (QED) is 0.656. The smallest absolute Gasteiger partial charge is 0.140 e. The first-order valence-corrected chi connectivity index (χ1v) is 9.65. The summed E-state index contributed by atoms with van der Waals surface area (Å²) in [4.78, 5) is 24.8. The number of hydrogen-bond acceptors (Lipinski definition) is 2. The first-order chi connectivity index (χ1) is 10.9. The highest BCUT2D eigenvalue weighted by atomic mass is 16.1. The van der Waals surface area contributed by atoms with Crippen molar-refractivity contribution < 1.29 is 9.59 Å². The topological polar surface area (TPSA) is 34.1 Å². The van der Waals surface area contributed by atoms with E-state index in [2.05, 4.69) is 26.8 Å². The maximum atomic E-state index is 12.4. The zero-order valence-corrected chi connectivity index (χ0v) is 14.9. The SMILES string of the molecule is CC[C@@H]1C[C@@]2(C)C(=CC[C@@H]3[C@@H]2CC[C@]2(C)C(=O)CC[C@@H]32)CC1=O. The zero-order chi connectivity index (χ0) is 16.4. The zero-order valence-electron chi connectivity index (χ0n) is 14.9. The van der Waals surface area contributed by atoms with Gasteiger partial charge in [0.25, 0.3) is 0 Å². The molecule has 3 saturated carbocycles. The molecule has 2 heteroatoms. The molecule has 0 unspecified atom stereocenters. The lowest BCUT2D eigenvalue weighted by Crippen LogP contribution is -2.51. The summed E-state index contributed by atoms with van der Waals surface area (Å²) in [5.74, 6) is 3.18. The van der Waals surface area contributed by atoms with Crippen molar-refractivity contribution in [2.24, 2.45) is 34.5 Å². The monoisotopic (exact) mass is 314 g/mol. The highest BCUT2D eigenvalue weighted by molar-refractivity contribution is 5.87. The van der Waals surface area contributed by atoms with Crippen molar-refractivity contribution in [3.8, 4) is 0 Å². The molecule has 0 radical (unpaired) electrons. The summed E-state index contributed by atoms with van der Waals surface area (Å²) in [5.41, 5.74) is 1.60. The normalized spacial score (nSPS) is 49.3. The van der Waals surface area contributed by atoms with E-state index in [0.29, 0.717) is 35.7 Å². The Hall–Kier alpha value is -0.920. The Morgan fingerprint density at radius 1 is 1.13 bits per heavy atom. The van der Waals surface area contributed by atoms with Gasteiger partial charge in [-0.05, 0) is 61.7 Å². The van der Waals surface area contributed by atoms with Gasteiger partial charge in [0.2, 0.25) is 0 Å². The first kappa shape index (κ1) is 15.6. The van der Waals surface area contributed by atoms with Crippen molar-refractivity contribution in [1.29, 1.82) is 0 Å². The highest BCUT2D eigenvalue weighted by Crippen LogP contribution is 2.64. The fraction of sp³-hybridized carbons (Fsp3) is 0.810. The second kappa shape index (κ2) is 5.04. The summed E-state index contributed by atoms with van der Waals surface area (Å²) in [6.07, 6.45) is 10.4. The lowest BCUT2D eigenvalue weighted by Gasteiger charge is -2.57. The molecule has 4 aliphatic rings. The largest absolute Gasteiger partial charge is 0.299 e. The van der Waals surface area contributed by atoms with Gasteiger partial charge < -0.3 is 0 Å². The summed E-state index contributed by atoms with van der Waals surface area (Å²) in [6, 6.07) is 0. The molecule has 0 aliphatic heterocycles. The minimum Gasteiger partial charge on any atom is -0.299 e. The fourth-order valence-corrected chi connectivity index (χ4v) is 6.81. The molecule has 0 aromatic carbocycles. The standard InChI is InChI=1S/C21H30O2/c1-4-13-12-21(3)14(11-18(13)22)5-6-15-16-7-8-19(23)20(16,2)10-9-17(15)21/h5,13,15-17H,4,6-12H2,1-3H3/t13-,15+,16+,17+,20+,21+/m1/s1. The Balaban J connectivity index is 1.70. The molecule has 0 amide bonds. The molecule has 0 saturated heterocycles. The van der Waals surface area contributed by atoms with Crippen LogP contribution < -0.4 is 0 Å². The van der Waals surface area contributed by atoms with Gasteiger partial charge in [0.1, 0.15) is 11.6 Å². The van der Waals surface area contributed by atoms with Crippen molar-refractivity contribution >= 4 is 11.6 Å². The van der Waals surface area contributed by atoms with Gasteiger partial charge in [0.15, 0.2) is 0 Å². The molecule has 0 aromatic heterocycles. The third-order valence-corrected chi connectivity index (χ3v) is 8.32. The lowest BCUT2D eigenvalue weighted by atomic mass is 9.47. The summed E-state index contributed by atoms with van der Waals surface area (Å²) < 4.78 is 0. The molecule has 0 bridgehead atoms. The van der Waals surface area contributed by atoms with E-state index in [0.717, 1.165) is 38.5 Å². The van der Waals surface area contributed by atoms with Gasteiger partial charge in [-0.2, -0.15) is 0 Å². The van der Waals surface area contributed by atoms with Gasteiger partial charge in [-0.3, -0.25) is 9.59 Å². The van der Waals surface area contributed by atoms with Crippen molar-refractivity contribution in [2.75, 3.05) is 0 Å². The predicted octanol–water partition coefficient (Wildman–Crippen LogP) is 4.72. The molecule has 23 heavy (non-hydrogen) atoms. The molecule has 0 heterocycles. The van der Waals surface area contributed by atoms with Crippen LogP contribution in [-0.2, 0) is 9.59 Å². The summed E-state index contributed by atoms with van der Waals surface area (Å²) in [7, 11) is 0. The van der Waals surface area contributed by atoms with E-state index in [9.17, 15) is 9.59 Å². The molecule has 126 valence electrons. The number of fused-ring (bicyclic) bond motifs is 5. The highest BCUT2D eigenvalue weighted by Gasteiger charge is 2.59. The van der Waals surface area contributed by atoms with Gasteiger partial charge in [0.05, 0.1) is 0 Å². The fourth-order valence-electron chi connectivity index (χ4n) is 6.81. The minimum atomic E-state index is -0.0441. The summed E-state index contributed by atoms with van der Waals surface area (Å²) in [6.45, 7) is 6.84. The third-order valence-electron chi connectivity index (χ3n) is 8.32. The number of carbonyl (C=O) groups excluding carboxylic acids is 2. The number of hydrogen-bond donors (Lipinski definition) is 0. The van der Waals surface area contributed by atoms with Crippen molar-refractivity contribution in [3.63, 3.8) is 0 Å². The molecule has 0 spiro atoms. The Morgan fingerprint density at radius 2 is 1.87 bits per heavy atom. The van der Waals surface area contributed by atoms with Gasteiger partial charge in [-0.25, -0.2) is 0 Å². The van der Waals surface area contributed by atoms with Crippen molar-refractivity contribution in [3.05, 3.63) is 11.6 Å². The lowest BCUT2D eigenvalue weighted by molar-refractivity contribution is -0.133. The van der Waals surface area contributed by atoms with Crippen LogP contribution in [0.25, 0.3) is 0 Å². The first-order valence-electron chi connectivity index (χ1n) is 9.65. The minimum absolute atomic E-state index is 0.0441. The van der Waals surface area contributed by atoms with Crippen molar-refractivity contribution in [1.82, 2.24) is 0 Å². The maximum absolute atomic E-state index is 12.4. The van der Waals surface area contributed by atoms with Crippen LogP contribution >= 0.6 is 0 Å². The summed E-state index contributed by atoms with van der Waals surface area (Å²) >= 11 is 0. The van der Waals surface area contributed by atoms with Crippen LogP contribution in [0.3, 0.4) is 0 Å². The molecule has 2 nitrogen and oxygen atoms in total. The van der Waals surface area contributed by atoms with Gasteiger partial charge >= 0.3 is 0 Å². The van der Waals surface area contributed by atoms with E-state index in [1.54, 1.807) is 0 Å². The Morgan fingerprint density at radius 3 is 2.61 bits per heavy atom. The van der Waals surface area contributed by atoms with Crippen molar-refractivity contribution in [2.45, 2.75) is 72.1 Å². The molecule has 0 aromatic rings. The van der Waals surface area contributed by atoms with Crippen LogP contribution in [0.2, 0.25) is 0 Å². The van der Waals surface area contributed by atoms with Gasteiger partial charge in [-0.1, -0.05) is 32.4 Å². The third kappa shape index (κ3) is 1.99. The predicted molar refractivity (Wildman–Crippen MR) is 90.9 cm³/mol. The summed E-state index contributed by atoms with van der Waals surface area (Å²) in [5, 5.41) is 0. The molecule has 4 aliphatic carbocycles. The maximum Gasteiger partial charge on any atom is 0.140 e. The second-order valence-electron chi connectivity index (χ2n) is 9.13. The van der Waals surface area contributed by atoms with E-state index in [1.165, 1.54) is 12.0 Å². The molecule has 6 atom stereocenters. The number of ketones is 2.